The molecule has 0 fully saturated rings. The minimum atomic E-state index is -0.298. The average molecular weight is 223 g/mol. The van der Waals surface area contributed by atoms with Crippen molar-refractivity contribution in [2.24, 2.45) is 0 Å². The summed E-state index contributed by atoms with van der Waals surface area (Å²) in [5.74, 6) is 1.54. The topological polar surface area (TPSA) is 41.9 Å². The number of aliphatic hydroxyl groups is 1. The third kappa shape index (κ3) is 1.80. The number of aliphatic hydroxyl groups excluding tert-OH is 1. The first-order valence-corrected chi connectivity index (χ1v) is 5.29. The molecule has 1 aliphatic heterocycles. The first-order chi connectivity index (χ1) is 7.54. The molecule has 0 unspecified atom stereocenters. The van der Waals surface area contributed by atoms with E-state index in [1.165, 1.54) is 0 Å². The standard InChI is InChI=1S/C12H17NO3/c1-12(2,7-14)13(3)9-4-5-10-11(6-9)16-8-15-10/h4-6,14H,7-8H2,1-3H3. The van der Waals surface area contributed by atoms with Crippen LogP contribution in [0.4, 0.5) is 5.69 Å². The van der Waals surface area contributed by atoms with Gasteiger partial charge in [0.15, 0.2) is 11.5 Å². The molecule has 0 aromatic heterocycles. The maximum atomic E-state index is 9.32. The molecule has 1 aromatic carbocycles. The van der Waals surface area contributed by atoms with Crippen molar-refractivity contribution < 1.29 is 14.6 Å². The molecule has 1 aromatic rings. The Morgan fingerprint density at radius 2 is 2.00 bits per heavy atom. The van der Waals surface area contributed by atoms with Crippen LogP contribution in [0.15, 0.2) is 18.2 Å². The number of hydrogen-bond acceptors (Lipinski definition) is 4. The number of hydrogen-bond donors (Lipinski definition) is 1. The largest absolute Gasteiger partial charge is 0.454 e. The highest BCUT2D eigenvalue weighted by atomic mass is 16.7. The van der Waals surface area contributed by atoms with Crippen molar-refractivity contribution in [1.82, 2.24) is 0 Å². The van der Waals surface area contributed by atoms with Gasteiger partial charge in [-0.3, -0.25) is 0 Å². The van der Waals surface area contributed by atoms with Gasteiger partial charge in [-0.25, -0.2) is 0 Å². The molecule has 16 heavy (non-hydrogen) atoms. The Morgan fingerprint density at radius 1 is 1.31 bits per heavy atom. The van der Waals surface area contributed by atoms with Crippen molar-refractivity contribution in [3.63, 3.8) is 0 Å². The normalized spacial score (nSPS) is 14.0. The summed E-state index contributed by atoms with van der Waals surface area (Å²) in [6.45, 7) is 4.35. The highest BCUT2D eigenvalue weighted by Crippen LogP contribution is 2.36. The Balaban J connectivity index is 2.28. The van der Waals surface area contributed by atoms with Crippen molar-refractivity contribution >= 4 is 5.69 Å². The molecule has 0 aliphatic carbocycles. The average Bonchev–Trinajstić information content (AvgIpc) is 2.74. The van der Waals surface area contributed by atoms with E-state index < -0.39 is 0 Å². The predicted octanol–water partition coefficient (Wildman–Crippen LogP) is 1.62. The summed E-state index contributed by atoms with van der Waals surface area (Å²) < 4.78 is 10.6. The quantitative estimate of drug-likeness (QED) is 0.845. The number of likely N-dealkylation sites (N-methyl/N-ethyl adjacent to an activating group) is 1. The van der Waals surface area contributed by atoms with E-state index in [9.17, 15) is 5.11 Å². The van der Waals surface area contributed by atoms with Gasteiger partial charge >= 0.3 is 0 Å². The lowest BCUT2D eigenvalue weighted by Crippen LogP contribution is -2.44. The maximum absolute atomic E-state index is 9.32. The van der Waals surface area contributed by atoms with Gasteiger partial charge in [-0.15, -0.1) is 0 Å². The van der Waals surface area contributed by atoms with E-state index >= 15 is 0 Å². The fourth-order valence-corrected chi connectivity index (χ4v) is 1.55. The van der Waals surface area contributed by atoms with Crippen LogP contribution in [0, 0.1) is 0 Å². The number of rotatable bonds is 3. The molecule has 0 amide bonds. The predicted molar refractivity (Wildman–Crippen MR) is 62.1 cm³/mol. The van der Waals surface area contributed by atoms with Crippen molar-refractivity contribution in [3.8, 4) is 11.5 Å². The molecule has 4 heteroatoms. The van der Waals surface area contributed by atoms with E-state index in [1.54, 1.807) is 0 Å². The summed E-state index contributed by atoms with van der Waals surface area (Å²) in [5.41, 5.74) is 0.705. The monoisotopic (exact) mass is 223 g/mol. The van der Waals surface area contributed by atoms with Crippen LogP contribution in [0.5, 0.6) is 11.5 Å². The third-order valence-electron chi connectivity index (χ3n) is 3.04. The lowest BCUT2D eigenvalue weighted by molar-refractivity contribution is 0.174. The molecular weight excluding hydrogens is 206 g/mol. The number of fused-ring (bicyclic) bond motifs is 1. The van der Waals surface area contributed by atoms with Gasteiger partial charge in [0, 0.05) is 18.8 Å². The Kier molecular flexibility index (Phi) is 2.68. The number of benzene rings is 1. The Hall–Kier alpha value is -1.42. The summed E-state index contributed by atoms with van der Waals surface area (Å²) in [7, 11) is 1.95. The number of nitrogens with zero attached hydrogens (tertiary/aromatic N) is 1. The molecule has 4 nitrogen and oxygen atoms in total. The lowest BCUT2D eigenvalue weighted by atomic mass is 10.0. The van der Waals surface area contributed by atoms with Gasteiger partial charge in [0.05, 0.1) is 12.1 Å². The van der Waals surface area contributed by atoms with Crippen molar-refractivity contribution in [2.45, 2.75) is 19.4 Å². The summed E-state index contributed by atoms with van der Waals surface area (Å²) in [5, 5.41) is 9.32. The van der Waals surface area contributed by atoms with Crippen LogP contribution in [-0.4, -0.2) is 31.1 Å². The Bertz CT molecular complexity index is 390. The molecule has 1 heterocycles. The number of anilines is 1. The minimum absolute atomic E-state index is 0.0952. The fraction of sp³-hybridized carbons (Fsp3) is 0.500. The summed E-state index contributed by atoms with van der Waals surface area (Å²) in [6, 6.07) is 5.78. The van der Waals surface area contributed by atoms with Crippen LogP contribution in [0.3, 0.4) is 0 Å². The van der Waals surface area contributed by atoms with Crippen LogP contribution in [-0.2, 0) is 0 Å². The molecule has 0 saturated carbocycles. The molecule has 0 saturated heterocycles. The van der Waals surface area contributed by atoms with Gasteiger partial charge in [-0.05, 0) is 26.0 Å². The second-order valence-corrected chi connectivity index (χ2v) is 4.57. The molecule has 0 bridgehead atoms. The van der Waals surface area contributed by atoms with Crippen molar-refractivity contribution in [3.05, 3.63) is 18.2 Å². The smallest absolute Gasteiger partial charge is 0.231 e. The van der Waals surface area contributed by atoms with Gasteiger partial charge in [0.2, 0.25) is 6.79 Å². The van der Waals surface area contributed by atoms with E-state index in [4.69, 9.17) is 9.47 Å². The fourth-order valence-electron chi connectivity index (χ4n) is 1.55. The Labute approximate surface area is 95.4 Å². The molecule has 2 rings (SSSR count). The van der Waals surface area contributed by atoms with Crippen molar-refractivity contribution in [2.75, 3.05) is 25.3 Å². The molecule has 1 N–H and O–H groups in total. The zero-order valence-corrected chi connectivity index (χ0v) is 9.86. The van der Waals surface area contributed by atoms with Crippen LogP contribution in [0.25, 0.3) is 0 Å². The molecule has 1 aliphatic rings. The van der Waals surface area contributed by atoms with Gasteiger partial charge < -0.3 is 19.5 Å². The highest BCUT2D eigenvalue weighted by Gasteiger charge is 2.24. The molecule has 0 spiro atoms. The molecular formula is C12H17NO3. The van der Waals surface area contributed by atoms with E-state index in [2.05, 4.69) is 0 Å². The van der Waals surface area contributed by atoms with E-state index in [1.807, 2.05) is 44.0 Å². The first-order valence-electron chi connectivity index (χ1n) is 5.29. The third-order valence-corrected chi connectivity index (χ3v) is 3.04. The second-order valence-electron chi connectivity index (χ2n) is 4.57. The van der Waals surface area contributed by atoms with Crippen LogP contribution < -0.4 is 14.4 Å². The van der Waals surface area contributed by atoms with Gasteiger partial charge in [-0.1, -0.05) is 0 Å². The van der Waals surface area contributed by atoms with Crippen LogP contribution in [0.1, 0.15) is 13.8 Å². The summed E-state index contributed by atoms with van der Waals surface area (Å²) in [6.07, 6.45) is 0. The van der Waals surface area contributed by atoms with Gasteiger partial charge in [-0.2, -0.15) is 0 Å². The zero-order valence-electron chi connectivity index (χ0n) is 9.86. The summed E-state index contributed by atoms with van der Waals surface area (Å²) >= 11 is 0. The molecule has 0 atom stereocenters. The van der Waals surface area contributed by atoms with Gasteiger partial charge in [0.25, 0.3) is 0 Å². The van der Waals surface area contributed by atoms with Crippen LogP contribution >= 0.6 is 0 Å². The lowest BCUT2D eigenvalue weighted by Gasteiger charge is -2.35. The minimum Gasteiger partial charge on any atom is -0.454 e. The molecule has 88 valence electrons. The zero-order chi connectivity index (χ0) is 11.8. The van der Waals surface area contributed by atoms with Gasteiger partial charge in [0.1, 0.15) is 0 Å². The van der Waals surface area contributed by atoms with Crippen molar-refractivity contribution in [1.29, 1.82) is 0 Å². The first kappa shape index (κ1) is 11.1. The number of ether oxygens (including phenoxy) is 2. The van der Waals surface area contributed by atoms with E-state index in [0.29, 0.717) is 0 Å². The van der Waals surface area contributed by atoms with E-state index in [0.717, 1.165) is 17.2 Å². The maximum Gasteiger partial charge on any atom is 0.231 e. The Morgan fingerprint density at radius 3 is 2.69 bits per heavy atom. The second kappa shape index (κ2) is 3.87. The van der Waals surface area contributed by atoms with E-state index in [-0.39, 0.29) is 18.9 Å². The summed E-state index contributed by atoms with van der Waals surface area (Å²) in [4.78, 5) is 2.02. The molecule has 0 radical (unpaired) electrons. The highest BCUT2D eigenvalue weighted by molar-refractivity contribution is 5.57. The SMILES string of the molecule is CN(c1ccc2c(c1)OCO2)C(C)(C)CO. The van der Waals surface area contributed by atoms with Crippen LogP contribution in [0.2, 0.25) is 0 Å².